The number of aryl methyl sites for hydroxylation is 1. The van der Waals surface area contributed by atoms with Crippen LogP contribution in [0.2, 0.25) is 0 Å². The molecule has 2 aromatic heterocycles. The highest BCUT2D eigenvalue weighted by atomic mass is 16.3. The van der Waals surface area contributed by atoms with Crippen LogP contribution in [0.25, 0.3) is 95.2 Å². The number of hydrogen-bond donors (Lipinski definition) is 0. The summed E-state index contributed by atoms with van der Waals surface area (Å²) in [6, 6.07) is 52.9. The number of rotatable bonds is 5. The van der Waals surface area contributed by atoms with Gasteiger partial charge in [0, 0.05) is 27.5 Å². The summed E-state index contributed by atoms with van der Waals surface area (Å²) >= 11 is 0. The van der Waals surface area contributed by atoms with Gasteiger partial charge in [-0.15, -0.1) is 0 Å². The fraction of sp³-hybridized carbons (Fsp3) is 0.0426. The van der Waals surface area contributed by atoms with Crippen LogP contribution in [-0.2, 0) is 6.42 Å². The van der Waals surface area contributed by atoms with Crippen molar-refractivity contribution in [3.8, 4) is 56.4 Å². The van der Waals surface area contributed by atoms with Crippen molar-refractivity contribution >= 4 is 38.8 Å². The molecule has 7 aromatic carbocycles. The summed E-state index contributed by atoms with van der Waals surface area (Å²) in [6.45, 7) is 0. The molecule has 0 unspecified atom stereocenters. The number of hydrogen-bond acceptors (Lipinski definition) is 4. The van der Waals surface area contributed by atoms with E-state index in [0.717, 1.165) is 62.6 Å². The van der Waals surface area contributed by atoms with E-state index in [1.54, 1.807) is 0 Å². The van der Waals surface area contributed by atoms with E-state index in [4.69, 9.17) is 19.4 Å². The summed E-state index contributed by atoms with van der Waals surface area (Å²) in [5.74, 6) is 1.85. The summed E-state index contributed by atoms with van der Waals surface area (Å²) in [6.07, 6.45) is 6.62. The summed E-state index contributed by atoms with van der Waals surface area (Å²) in [4.78, 5) is 15.5. The Morgan fingerprint density at radius 3 is 1.98 bits per heavy atom. The van der Waals surface area contributed by atoms with Crippen LogP contribution in [-0.4, -0.2) is 15.0 Å². The lowest BCUT2D eigenvalue weighted by Crippen LogP contribution is -2.01. The van der Waals surface area contributed by atoms with Gasteiger partial charge >= 0.3 is 0 Å². The van der Waals surface area contributed by atoms with Gasteiger partial charge < -0.3 is 4.42 Å². The molecular weight excluding hydrogens is 623 g/mol. The van der Waals surface area contributed by atoms with E-state index in [-0.39, 0.29) is 0 Å². The van der Waals surface area contributed by atoms with Gasteiger partial charge in [-0.05, 0) is 75.2 Å². The summed E-state index contributed by atoms with van der Waals surface area (Å²) < 4.78 is 6.55. The summed E-state index contributed by atoms with van der Waals surface area (Å²) in [5, 5.41) is 4.48. The minimum Gasteiger partial charge on any atom is -0.456 e. The molecule has 4 nitrogen and oxygen atoms in total. The Kier molecular flexibility index (Phi) is 6.91. The van der Waals surface area contributed by atoms with Crippen LogP contribution in [0.4, 0.5) is 0 Å². The lowest BCUT2D eigenvalue weighted by Gasteiger charge is -2.16. The van der Waals surface area contributed by atoms with E-state index in [9.17, 15) is 0 Å². The quantitative estimate of drug-likeness (QED) is 0.185. The van der Waals surface area contributed by atoms with Crippen LogP contribution < -0.4 is 0 Å². The zero-order chi connectivity index (χ0) is 33.7. The molecule has 0 amide bonds. The Bertz CT molecular complexity index is 2790. The Hall–Kier alpha value is -6.65. The maximum Gasteiger partial charge on any atom is 0.164 e. The van der Waals surface area contributed by atoms with Crippen LogP contribution in [0.5, 0.6) is 0 Å². The molecule has 0 N–H and O–H groups in total. The van der Waals surface area contributed by atoms with E-state index < -0.39 is 0 Å². The number of nitrogens with zero attached hydrogens (tertiary/aromatic N) is 3. The molecule has 0 bridgehead atoms. The van der Waals surface area contributed by atoms with Gasteiger partial charge in [0.25, 0.3) is 0 Å². The molecule has 0 fully saturated rings. The molecule has 0 saturated heterocycles. The van der Waals surface area contributed by atoms with Crippen LogP contribution in [0.15, 0.2) is 162 Å². The number of benzene rings is 7. The lowest BCUT2D eigenvalue weighted by atomic mass is 9.89. The van der Waals surface area contributed by atoms with Gasteiger partial charge in [-0.3, -0.25) is 0 Å². The fourth-order valence-corrected chi connectivity index (χ4v) is 7.52. The van der Waals surface area contributed by atoms with Gasteiger partial charge in [0.15, 0.2) is 17.5 Å². The second kappa shape index (κ2) is 12.0. The van der Waals surface area contributed by atoms with Crippen molar-refractivity contribution in [1.82, 2.24) is 15.0 Å². The van der Waals surface area contributed by atoms with E-state index >= 15 is 0 Å². The maximum atomic E-state index is 6.55. The first-order valence-electron chi connectivity index (χ1n) is 17.4. The van der Waals surface area contributed by atoms with Crippen molar-refractivity contribution < 1.29 is 4.42 Å². The van der Waals surface area contributed by atoms with Crippen LogP contribution in [0.3, 0.4) is 0 Å². The molecule has 4 heteroatoms. The van der Waals surface area contributed by atoms with E-state index in [2.05, 4.69) is 121 Å². The average Bonchev–Trinajstić information content (AvgIpc) is 3.59. The Balaban J connectivity index is 1.19. The molecule has 0 aliphatic heterocycles. The van der Waals surface area contributed by atoms with Gasteiger partial charge in [0.1, 0.15) is 11.2 Å². The fourth-order valence-electron chi connectivity index (χ4n) is 7.52. The SMILES string of the molecule is C1=Cc2c(cccc2-c2cc(-c3nc(-c4ccccc4)nc(-c4ccc(-c5cccc6ccccc56)cc4)n3)c3c(c2)oc2ccccc23)CC1. The summed E-state index contributed by atoms with van der Waals surface area (Å²) in [5.41, 5.74) is 11.6. The van der Waals surface area contributed by atoms with Crippen LogP contribution in [0.1, 0.15) is 17.5 Å². The third-order valence-electron chi connectivity index (χ3n) is 10.0. The maximum absolute atomic E-state index is 6.55. The predicted octanol–water partition coefficient (Wildman–Crippen LogP) is 12.2. The van der Waals surface area contributed by atoms with Gasteiger partial charge in [-0.25, -0.2) is 15.0 Å². The number of fused-ring (bicyclic) bond motifs is 5. The van der Waals surface area contributed by atoms with E-state index in [0.29, 0.717) is 17.5 Å². The molecule has 1 aliphatic carbocycles. The van der Waals surface area contributed by atoms with E-state index in [1.165, 1.54) is 33.0 Å². The first kappa shape index (κ1) is 29.3. The zero-order valence-corrected chi connectivity index (χ0v) is 27.8. The first-order chi connectivity index (χ1) is 25.3. The third-order valence-corrected chi connectivity index (χ3v) is 10.0. The van der Waals surface area contributed by atoms with Crippen LogP contribution in [0, 0.1) is 0 Å². The molecule has 10 rings (SSSR count). The molecule has 240 valence electrons. The molecule has 1 aliphatic rings. The van der Waals surface area contributed by atoms with Crippen LogP contribution >= 0.6 is 0 Å². The smallest absolute Gasteiger partial charge is 0.164 e. The third kappa shape index (κ3) is 5.12. The molecule has 0 atom stereocenters. The number of para-hydroxylation sites is 1. The zero-order valence-electron chi connectivity index (χ0n) is 27.8. The van der Waals surface area contributed by atoms with Crippen molar-refractivity contribution in [2.24, 2.45) is 0 Å². The Morgan fingerprint density at radius 1 is 0.451 bits per heavy atom. The second-order valence-electron chi connectivity index (χ2n) is 13.1. The minimum absolute atomic E-state index is 0.607. The Morgan fingerprint density at radius 2 is 1.12 bits per heavy atom. The Labute approximate surface area is 295 Å². The van der Waals surface area contributed by atoms with Crippen molar-refractivity contribution in [3.63, 3.8) is 0 Å². The molecule has 51 heavy (non-hydrogen) atoms. The summed E-state index contributed by atoms with van der Waals surface area (Å²) in [7, 11) is 0. The highest BCUT2D eigenvalue weighted by Crippen LogP contribution is 2.41. The minimum atomic E-state index is 0.607. The highest BCUT2D eigenvalue weighted by Gasteiger charge is 2.21. The standard InChI is InChI=1S/C47H31N3O/c1-2-14-33(15-3-1)45-48-46(34-26-24-32(25-27-34)38-21-10-16-30-12-4-6-18-36(30)38)50-47(49-45)41-28-35(39-22-11-17-31-13-5-7-19-37(31)39)29-43-44(41)40-20-8-9-23-42(40)51-43/h1-4,6-12,14-29H,5,13H2. The predicted molar refractivity (Wildman–Crippen MR) is 209 cm³/mol. The van der Waals surface area contributed by atoms with Gasteiger partial charge in [-0.2, -0.15) is 0 Å². The molecule has 9 aromatic rings. The van der Waals surface area contributed by atoms with Crippen molar-refractivity contribution in [2.45, 2.75) is 12.8 Å². The molecular formula is C47H31N3O. The molecule has 0 radical (unpaired) electrons. The van der Waals surface area contributed by atoms with Gasteiger partial charge in [-0.1, -0.05) is 146 Å². The number of furan rings is 1. The number of aromatic nitrogens is 3. The van der Waals surface area contributed by atoms with Crippen molar-refractivity contribution in [1.29, 1.82) is 0 Å². The largest absolute Gasteiger partial charge is 0.456 e. The van der Waals surface area contributed by atoms with E-state index in [1.807, 2.05) is 42.5 Å². The molecule has 0 saturated carbocycles. The highest BCUT2D eigenvalue weighted by molar-refractivity contribution is 6.13. The van der Waals surface area contributed by atoms with Crippen molar-refractivity contribution in [3.05, 3.63) is 169 Å². The first-order valence-corrected chi connectivity index (χ1v) is 17.4. The lowest BCUT2D eigenvalue weighted by molar-refractivity contribution is 0.669. The topological polar surface area (TPSA) is 51.8 Å². The van der Waals surface area contributed by atoms with Gasteiger partial charge in [0.2, 0.25) is 0 Å². The average molecular weight is 654 g/mol. The van der Waals surface area contributed by atoms with Gasteiger partial charge in [0.05, 0.1) is 0 Å². The normalized spacial score (nSPS) is 12.5. The molecule has 2 heterocycles. The second-order valence-corrected chi connectivity index (χ2v) is 13.1. The molecule has 0 spiro atoms. The van der Waals surface area contributed by atoms with Crippen molar-refractivity contribution in [2.75, 3.05) is 0 Å². The number of allylic oxidation sites excluding steroid dienone is 1. The monoisotopic (exact) mass is 653 g/mol.